The van der Waals surface area contributed by atoms with Crippen molar-refractivity contribution in [2.24, 2.45) is 0 Å². The van der Waals surface area contributed by atoms with Crippen LogP contribution in [0, 0.1) is 5.82 Å². The second-order valence-electron chi connectivity index (χ2n) is 4.70. The second kappa shape index (κ2) is 5.70. The molecule has 0 radical (unpaired) electrons. The Balaban J connectivity index is 2.18. The van der Waals surface area contributed by atoms with Crippen LogP contribution in [0.3, 0.4) is 0 Å². The fourth-order valence-electron chi connectivity index (χ4n) is 2.32. The van der Waals surface area contributed by atoms with Gasteiger partial charge in [-0.3, -0.25) is 4.79 Å². The van der Waals surface area contributed by atoms with Gasteiger partial charge in [0.2, 0.25) is 0 Å². The number of rotatable bonds is 3. The average Bonchev–Trinajstić information content (AvgIpc) is 2.81. The van der Waals surface area contributed by atoms with Crippen molar-refractivity contribution in [1.29, 1.82) is 0 Å². The maximum absolute atomic E-state index is 13.6. The van der Waals surface area contributed by atoms with E-state index in [1.807, 2.05) is 0 Å². The Kier molecular flexibility index (Phi) is 4.43. The third kappa shape index (κ3) is 2.94. The molecular formula is C13H14Br2FNO. The zero-order chi connectivity index (χ0) is 13.2. The number of carbonyl (C=O) groups excluding carboxylic acids is 1. The molecule has 1 N–H and O–H groups in total. The number of halogens is 3. The first-order valence-electron chi connectivity index (χ1n) is 5.90. The Labute approximate surface area is 123 Å². The van der Waals surface area contributed by atoms with Gasteiger partial charge < -0.3 is 5.32 Å². The van der Waals surface area contributed by atoms with E-state index in [1.54, 1.807) is 6.07 Å². The molecule has 0 spiro atoms. The van der Waals surface area contributed by atoms with Gasteiger partial charge in [-0.05, 0) is 31.0 Å². The van der Waals surface area contributed by atoms with Crippen LogP contribution in [0.1, 0.15) is 36.0 Å². The highest BCUT2D eigenvalue weighted by molar-refractivity contribution is 9.10. The molecule has 1 saturated carbocycles. The van der Waals surface area contributed by atoms with E-state index in [-0.39, 0.29) is 17.0 Å². The zero-order valence-electron chi connectivity index (χ0n) is 9.81. The molecule has 98 valence electrons. The predicted molar refractivity (Wildman–Crippen MR) is 76.6 cm³/mol. The normalized spacial score (nSPS) is 17.7. The third-order valence-electron chi connectivity index (χ3n) is 3.37. The van der Waals surface area contributed by atoms with Crippen LogP contribution >= 0.6 is 31.9 Å². The first-order chi connectivity index (χ1) is 8.56. The lowest BCUT2D eigenvalue weighted by molar-refractivity contribution is 0.0906. The Morgan fingerprint density at radius 1 is 1.39 bits per heavy atom. The summed E-state index contributed by atoms with van der Waals surface area (Å²) in [5.74, 6) is -0.825. The quantitative estimate of drug-likeness (QED) is 0.790. The van der Waals surface area contributed by atoms with Crippen LogP contribution < -0.4 is 5.32 Å². The minimum atomic E-state index is -0.488. The van der Waals surface area contributed by atoms with Gasteiger partial charge >= 0.3 is 0 Å². The molecule has 5 heteroatoms. The van der Waals surface area contributed by atoms with E-state index >= 15 is 0 Å². The molecule has 0 bridgehead atoms. The molecule has 0 aromatic heterocycles. The van der Waals surface area contributed by atoms with Crippen molar-refractivity contribution in [1.82, 2.24) is 5.32 Å². The molecule has 2 rings (SSSR count). The minimum Gasteiger partial charge on any atom is -0.346 e. The fraction of sp³-hybridized carbons (Fsp3) is 0.462. The number of benzene rings is 1. The van der Waals surface area contributed by atoms with Crippen LogP contribution in [0.5, 0.6) is 0 Å². The van der Waals surface area contributed by atoms with Gasteiger partial charge in [0.05, 0.1) is 11.1 Å². The minimum absolute atomic E-state index is 0.0941. The summed E-state index contributed by atoms with van der Waals surface area (Å²) in [6.45, 7) is 0. The number of carbonyl (C=O) groups is 1. The van der Waals surface area contributed by atoms with Crippen LogP contribution in [-0.2, 0) is 0 Å². The third-order valence-corrected chi connectivity index (χ3v) is 4.93. The molecule has 1 amide bonds. The van der Waals surface area contributed by atoms with E-state index < -0.39 is 5.82 Å². The number of hydrogen-bond acceptors (Lipinski definition) is 1. The van der Waals surface area contributed by atoms with E-state index in [0.717, 1.165) is 25.7 Å². The van der Waals surface area contributed by atoms with Crippen LogP contribution in [0.2, 0.25) is 0 Å². The van der Waals surface area contributed by atoms with E-state index in [0.29, 0.717) is 9.80 Å². The van der Waals surface area contributed by atoms with Gasteiger partial charge in [0.15, 0.2) is 0 Å². The lowest BCUT2D eigenvalue weighted by atomic mass is 10.00. The van der Waals surface area contributed by atoms with E-state index in [4.69, 9.17) is 0 Å². The first kappa shape index (κ1) is 14.0. The number of amides is 1. The predicted octanol–water partition coefficient (Wildman–Crippen LogP) is 4.03. The zero-order valence-corrected chi connectivity index (χ0v) is 13.0. The van der Waals surface area contributed by atoms with Crippen molar-refractivity contribution in [2.45, 2.75) is 31.2 Å². The molecule has 18 heavy (non-hydrogen) atoms. The molecule has 0 heterocycles. The molecule has 2 nitrogen and oxygen atoms in total. The fourth-order valence-corrected chi connectivity index (χ4v) is 3.39. The Bertz CT molecular complexity index is 458. The Hall–Kier alpha value is -0.420. The van der Waals surface area contributed by atoms with Crippen LogP contribution in [0.4, 0.5) is 4.39 Å². The lowest BCUT2D eigenvalue weighted by Crippen LogP contribution is -2.48. The summed E-state index contributed by atoms with van der Waals surface area (Å²) in [6.07, 6.45) is 4.10. The number of alkyl halides is 1. The molecule has 0 atom stereocenters. The Morgan fingerprint density at radius 2 is 2.06 bits per heavy atom. The van der Waals surface area contributed by atoms with Gasteiger partial charge in [0, 0.05) is 9.80 Å². The van der Waals surface area contributed by atoms with Gasteiger partial charge in [-0.25, -0.2) is 4.39 Å². The summed E-state index contributed by atoms with van der Waals surface area (Å²) in [4.78, 5) is 12.1. The standard InChI is InChI=1S/C13H14Br2FNO/c14-8-13(5-1-2-6-13)17-12(18)10-7-9(15)3-4-11(10)16/h3-4,7H,1-2,5-6,8H2,(H,17,18). The monoisotopic (exact) mass is 377 g/mol. The van der Waals surface area contributed by atoms with Crippen LogP contribution in [-0.4, -0.2) is 16.8 Å². The van der Waals surface area contributed by atoms with Crippen LogP contribution in [0.15, 0.2) is 22.7 Å². The number of nitrogens with one attached hydrogen (secondary N) is 1. The SMILES string of the molecule is O=C(NC1(CBr)CCCC1)c1cc(Br)ccc1F. The van der Waals surface area contributed by atoms with Gasteiger partial charge in [0.1, 0.15) is 5.82 Å². The summed E-state index contributed by atoms with van der Waals surface area (Å²) < 4.78 is 14.3. The van der Waals surface area contributed by atoms with Crippen LogP contribution in [0.25, 0.3) is 0 Å². The van der Waals surface area contributed by atoms with Gasteiger partial charge in [0.25, 0.3) is 5.91 Å². The van der Waals surface area contributed by atoms with Crippen molar-refractivity contribution in [3.63, 3.8) is 0 Å². The largest absolute Gasteiger partial charge is 0.346 e. The number of hydrogen-bond donors (Lipinski definition) is 1. The molecule has 1 aliphatic carbocycles. The molecular weight excluding hydrogens is 365 g/mol. The highest BCUT2D eigenvalue weighted by atomic mass is 79.9. The molecule has 0 aliphatic heterocycles. The van der Waals surface area contributed by atoms with Crippen molar-refractivity contribution in [3.8, 4) is 0 Å². The first-order valence-corrected chi connectivity index (χ1v) is 7.81. The molecule has 1 fully saturated rings. The second-order valence-corrected chi connectivity index (χ2v) is 6.18. The smallest absolute Gasteiger partial charge is 0.254 e. The molecule has 1 aliphatic rings. The summed E-state index contributed by atoms with van der Waals surface area (Å²) in [5, 5.41) is 3.69. The van der Waals surface area contributed by atoms with Crippen molar-refractivity contribution in [3.05, 3.63) is 34.1 Å². The molecule has 0 unspecified atom stereocenters. The maximum Gasteiger partial charge on any atom is 0.254 e. The van der Waals surface area contributed by atoms with E-state index in [9.17, 15) is 9.18 Å². The Morgan fingerprint density at radius 3 is 2.67 bits per heavy atom. The van der Waals surface area contributed by atoms with Crippen molar-refractivity contribution < 1.29 is 9.18 Å². The van der Waals surface area contributed by atoms with E-state index in [2.05, 4.69) is 37.2 Å². The lowest BCUT2D eigenvalue weighted by Gasteiger charge is -2.28. The van der Waals surface area contributed by atoms with E-state index in [1.165, 1.54) is 12.1 Å². The van der Waals surface area contributed by atoms with Gasteiger partial charge in [-0.1, -0.05) is 44.7 Å². The average molecular weight is 379 g/mol. The topological polar surface area (TPSA) is 29.1 Å². The van der Waals surface area contributed by atoms with Gasteiger partial charge in [-0.15, -0.1) is 0 Å². The molecule has 1 aromatic carbocycles. The van der Waals surface area contributed by atoms with Crippen molar-refractivity contribution in [2.75, 3.05) is 5.33 Å². The summed E-state index contributed by atoms with van der Waals surface area (Å²) in [5.41, 5.74) is -0.122. The molecule has 0 saturated heterocycles. The maximum atomic E-state index is 13.6. The summed E-state index contributed by atoms with van der Waals surface area (Å²) >= 11 is 6.70. The summed E-state index contributed by atoms with van der Waals surface area (Å²) in [7, 11) is 0. The van der Waals surface area contributed by atoms with Crippen molar-refractivity contribution >= 4 is 37.8 Å². The molecule has 1 aromatic rings. The highest BCUT2D eigenvalue weighted by Gasteiger charge is 2.34. The highest BCUT2D eigenvalue weighted by Crippen LogP contribution is 2.31. The summed E-state index contributed by atoms with van der Waals surface area (Å²) in [6, 6.07) is 4.40. The van der Waals surface area contributed by atoms with Gasteiger partial charge in [-0.2, -0.15) is 0 Å².